The molecule has 0 spiro atoms. The van der Waals surface area contributed by atoms with E-state index < -0.39 is 0 Å². The van der Waals surface area contributed by atoms with Gasteiger partial charge in [-0.1, -0.05) is 17.7 Å². The molecule has 22 heavy (non-hydrogen) atoms. The number of amides is 1. The van der Waals surface area contributed by atoms with E-state index in [0.717, 1.165) is 23.5 Å². The second kappa shape index (κ2) is 6.93. The van der Waals surface area contributed by atoms with Crippen molar-refractivity contribution in [1.29, 1.82) is 0 Å². The maximum absolute atomic E-state index is 11.9. The van der Waals surface area contributed by atoms with Crippen LogP contribution in [0.5, 0.6) is 11.5 Å². The first-order chi connectivity index (χ1) is 10.5. The van der Waals surface area contributed by atoms with Gasteiger partial charge in [-0.3, -0.25) is 4.79 Å². The fourth-order valence-electron chi connectivity index (χ4n) is 2.16. The first-order valence-electron chi connectivity index (χ1n) is 7.22. The normalized spacial score (nSPS) is 10.3. The number of pyridine rings is 1. The molecule has 0 fully saturated rings. The third-order valence-electron chi connectivity index (χ3n) is 3.43. The number of ether oxygens (including phenoxy) is 1. The fraction of sp³-hybridized carbons (Fsp3) is 0.294. The van der Waals surface area contributed by atoms with E-state index in [9.17, 15) is 9.90 Å². The molecule has 2 aromatic rings. The number of benzene rings is 1. The topological polar surface area (TPSA) is 62.4 Å². The van der Waals surface area contributed by atoms with Gasteiger partial charge in [-0.15, -0.1) is 0 Å². The summed E-state index contributed by atoms with van der Waals surface area (Å²) in [5.74, 6) is 0.100. The number of rotatable bonds is 5. The van der Waals surface area contributed by atoms with E-state index in [4.69, 9.17) is 4.74 Å². The molecular weight excluding hydrogens is 280 g/mol. The van der Waals surface area contributed by atoms with E-state index in [2.05, 4.69) is 5.32 Å². The van der Waals surface area contributed by atoms with Gasteiger partial charge >= 0.3 is 0 Å². The van der Waals surface area contributed by atoms with Gasteiger partial charge in [0, 0.05) is 18.7 Å². The minimum Gasteiger partial charge on any atom is -0.504 e. The quantitative estimate of drug-likeness (QED) is 0.833. The highest BCUT2D eigenvalue weighted by molar-refractivity contribution is 5.91. The summed E-state index contributed by atoms with van der Waals surface area (Å²) in [5.41, 5.74) is 2.63. The zero-order valence-corrected chi connectivity index (χ0v) is 13.1. The molecule has 0 aliphatic carbocycles. The molecule has 5 nitrogen and oxygen atoms in total. The number of nitrogens with one attached hydrogen (secondary N) is 1. The second-order valence-corrected chi connectivity index (χ2v) is 5.10. The summed E-state index contributed by atoms with van der Waals surface area (Å²) in [6.45, 7) is 6.43. The van der Waals surface area contributed by atoms with Crippen molar-refractivity contribution < 1.29 is 19.2 Å². The molecule has 1 heterocycles. The van der Waals surface area contributed by atoms with E-state index in [0.29, 0.717) is 5.75 Å². The lowest BCUT2D eigenvalue weighted by Gasteiger charge is -2.10. The van der Waals surface area contributed by atoms with Crippen LogP contribution in [0.25, 0.3) is 0 Å². The number of aromatic hydroxyl groups is 1. The Kier molecular flexibility index (Phi) is 4.99. The molecule has 2 rings (SSSR count). The van der Waals surface area contributed by atoms with Gasteiger partial charge in [-0.25, -0.2) is 0 Å². The van der Waals surface area contributed by atoms with Crippen LogP contribution in [0.4, 0.5) is 5.69 Å². The van der Waals surface area contributed by atoms with Crippen molar-refractivity contribution in [2.75, 3.05) is 11.9 Å². The van der Waals surface area contributed by atoms with Gasteiger partial charge in [0.25, 0.3) is 5.91 Å². The fourth-order valence-corrected chi connectivity index (χ4v) is 2.16. The molecule has 0 saturated carbocycles. The summed E-state index contributed by atoms with van der Waals surface area (Å²) in [6.07, 6.45) is 1.78. The third-order valence-corrected chi connectivity index (χ3v) is 3.43. The number of aromatic nitrogens is 1. The van der Waals surface area contributed by atoms with Gasteiger partial charge in [-0.05, 0) is 26.0 Å². The van der Waals surface area contributed by atoms with Gasteiger partial charge < -0.3 is 15.2 Å². The van der Waals surface area contributed by atoms with Crippen LogP contribution in [-0.4, -0.2) is 17.6 Å². The van der Waals surface area contributed by atoms with Crippen LogP contribution in [0.1, 0.15) is 18.2 Å². The van der Waals surface area contributed by atoms with Crippen LogP contribution in [0.15, 0.2) is 36.5 Å². The zero-order valence-electron chi connectivity index (χ0n) is 13.1. The Morgan fingerprint density at radius 2 is 1.91 bits per heavy atom. The Bertz CT molecular complexity index is 666. The van der Waals surface area contributed by atoms with Crippen molar-refractivity contribution in [3.63, 3.8) is 0 Å². The molecule has 0 aliphatic rings. The van der Waals surface area contributed by atoms with Crippen LogP contribution in [0, 0.1) is 13.8 Å². The summed E-state index contributed by atoms with van der Waals surface area (Å²) in [5, 5.41) is 12.6. The summed E-state index contributed by atoms with van der Waals surface area (Å²) in [4.78, 5) is 11.9. The number of aryl methyl sites for hydroxylation is 2. The molecule has 0 bridgehead atoms. The average molecular weight is 301 g/mol. The largest absolute Gasteiger partial charge is 0.504 e. The van der Waals surface area contributed by atoms with Crippen molar-refractivity contribution in [3.8, 4) is 11.5 Å². The minimum atomic E-state index is -0.269. The van der Waals surface area contributed by atoms with Crippen molar-refractivity contribution in [3.05, 3.63) is 47.8 Å². The molecule has 2 N–H and O–H groups in total. The van der Waals surface area contributed by atoms with Crippen molar-refractivity contribution >= 4 is 11.6 Å². The smallest absolute Gasteiger partial charge is 0.262 e. The highest BCUT2D eigenvalue weighted by atomic mass is 16.5. The lowest BCUT2D eigenvalue weighted by atomic mass is 10.2. The SMILES string of the molecule is CC[n+]1ccc(O)c(OCC(=O)Nc2ccc(C)cc2)c1C. The van der Waals surface area contributed by atoms with Crippen LogP contribution in [-0.2, 0) is 11.3 Å². The van der Waals surface area contributed by atoms with E-state index in [-0.39, 0.29) is 18.3 Å². The highest BCUT2D eigenvalue weighted by Gasteiger charge is 2.17. The lowest BCUT2D eigenvalue weighted by Crippen LogP contribution is -2.36. The highest BCUT2D eigenvalue weighted by Crippen LogP contribution is 2.26. The summed E-state index contributed by atoms with van der Waals surface area (Å²) >= 11 is 0. The molecule has 1 aromatic carbocycles. The van der Waals surface area contributed by atoms with Gasteiger partial charge in [-0.2, -0.15) is 4.57 Å². The van der Waals surface area contributed by atoms with Gasteiger partial charge in [0.05, 0.1) is 0 Å². The molecule has 0 saturated heterocycles. The number of anilines is 1. The molecule has 116 valence electrons. The van der Waals surface area contributed by atoms with Gasteiger partial charge in [0.15, 0.2) is 18.6 Å². The lowest BCUT2D eigenvalue weighted by molar-refractivity contribution is -0.699. The minimum absolute atomic E-state index is 0.0327. The van der Waals surface area contributed by atoms with Crippen molar-refractivity contribution in [1.82, 2.24) is 0 Å². The molecule has 0 radical (unpaired) electrons. The van der Waals surface area contributed by atoms with E-state index in [1.807, 2.05) is 49.6 Å². The summed E-state index contributed by atoms with van der Waals surface area (Å²) < 4.78 is 7.42. The first-order valence-corrected chi connectivity index (χ1v) is 7.22. The number of nitrogens with zero attached hydrogens (tertiary/aromatic N) is 1. The molecular formula is C17H21N2O3+. The van der Waals surface area contributed by atoms with Gasteiger partial charge in [0.2, 0.25) is 11.4 Å². The van der Waals surface area contributed by atoms with E-state index in [1.165, 1.54) is 0 Å². The number of carbonyl (C=O) groups excluding carboxylic acids is 1. The Hall–Kier alpha value is -2.56. The average Bonchev–Trinajstić information content (AvgIpc) is 2.49. The van der Waals surface area contributed by atoms with E-state index >= 15 is 0 Å². The molecule has 5 heteroatoms. The molecule has 1 amide bonds. The zero-order chi connectivity index (χ0) is 16.1. The maximum atomic E-state index is 11.9. The summed E-state index contributed by atoms with van der Waals surface area (Å²) in [6, 6.07) is 9.08. The predicted octanol–water partition coefficient (Wildman–Crippen LogP) is 2.33. The van der Waals surface area contributed by atoms with Crippen LogP contribution in [0.2, 0.25) is 0 Å². The van der Waals surface area contributed by atoms with Crippen molar-refractivity contribution in [2.24, 2.45) is 0 Å². The Morgan fingerprint density at radius 3 is 2.55 bits per heavy atom. The predicted molar refractivity (Wildman–Crippen MR) is 84.0 cm³/mol. The maximum Gasteiger partial charge on any atom is 0.262 e. The third kappa shape index (κ3) is 3.75. The molecule has 0 aliphatic heterocycles. The molecule has 1 aromatic heterocycles. The number of carbonyl (C=O) groups is 1. The monoisotopic (exact) mass is 301 g/mol. The number of hydrogen-bond acceptors (Lipinski definition) is 3. The Balaban J connectivity index is 2.01. The molecule has 0 atom stereocenters. The first kappa shape index (κ1) is 15.8. The van der Waals surface area contributed by atoms with Gasteiger partial charge in [0.1, 0.15) is 6.54 Å². The van der Waals surface area contributed by atoms with E-state index in [1.54, 1.807) is 12.3 Å². The van der Waals surface area contributed by atoms with Crippen molar-refractivity contribution in [2.45, 2.75) is 27.3 Å². The van der Waals surface area contributed by atoms with Crippen LogP contribution >= 0.6 is 0 Å². The summed E-state index contributed by atoms with van der Waals surface area (Å²) in [7, 11) is 0. The molecule has 0 unspecified atom stereocenters. The second-order valence-electron chi connectivity index (χ2n) is 5.10. The Labute approximate surface area is 130 Å². The number of hydrogen-bond donors (Lipinski definition) is 2. The standard InChI is InChI=1S/C17H20N2O3/c1-4-19-10-9-15(20)17(13(19)3)22-11-16(21)18-14-7-5-12(2)6-8-14/h5-10H,4,11H2,1-3H3,(H,18,21)/p+1. The van der Waals surface area contributed by atoms with Crippen LogP contribution < -0.4 is 14.6 Å². The Morgan fingerprint density at radius 1 is 1.23 bits per heavy atom. The van der Waals surface area contributed by atoms with Crippen LogP contribution in [0.3, 0.4) is 0 Å².